The Kier molecular flexibility index (Phi) is 6.35. The topological polar surface area (TPSA) is 81.9 Å². The second kappa shape index (κ2) is 7.78. The maximum Gasteiger partial charge on any atom is 0.269 e. The third-order valence-corrected chi connectivity index (χ3v) is 3.22. The first-order chi connectivity index (χ1) is 9.08. The average Bonchev–Trinajstić information content (AvgIpc) is 2.40. The van der Waals surface area contributed by atoms with Crippen LogP contribution in [0.3, 0.4) is 0 Å². The molecular weight excluding hydrogens is 312 g/mol. The number of hydrogen-bond acceptors (Lipinski definition) is 4. The van der Waals surface area contributed by atoms with Crippen LogP contribution in [0.25, 0.3) is 0 Å². The van der Waals surface area contributed by atoms with Crippen molar-refractivity contribution in [3.63, 3.8) is 0 Å². The molecule has 0 fully saturated rings. The van der Waals surface area contributed by atoms with Crippen molar-refractivity contribution in [2.75, 3.05) is 6.54 Å². The number of nitrogens with one attached hydrogen (secondary N) is 1. The number of oxime groups is 1. The number of amides is 1. The van der Waals surface area contributed by atoms with Crippen molar-refractivity contribution >= 4 is 27.5 Å². The summed E-state index contributed by atoms with van der Waals surface area (Å²) < 4.78 is 0.536. The highest BCUT2D eigenvalue weighted by molar-refractivity contribution is 9.10. The fourth-order valence-electron chi connectivity index (χ4n) is 1.50. The van der Waals surface area contributed by atoms with Gasteiger partial charge < -0.3 is 15.6 Å². The van der Waals surface area contributed by atoms with E-state index in [9.17, 15) is 9.90 Å². The minimum absolute atomic E-state index is 0.0497. The molecule has 104 valence electrons. The number of rotatable bonds is 6. The van der Waals surface area contributed by atoms with Crippen LogP contribution in [-0.2, 0) is 11.2 Å². The van der Waals surface area contributed by atoms with Gasteiger partial charge in [0.15, 0.2) is 0 Å². The van der Waals surface area contributed by atoms with Crippen molar-refractivity contribution in [1.29, 1.82) is 0 Å². The van der Waals surface area contributed by atoms with Gasteiger partial charge in [-0.25, -0.2) is 0 Å². The number of carbonyl (C=O) groups excluding carboxylic acids is 1. The molecule has 1 aromatic carbocycles. The summed E-state index contributed by atoms with van der Waals surface area (Å²) in [5, 5.41) is 24.0. The molecule has 5 nitrogen and oxygen atoms in total. The summed E-state index contributed by atoms with van der Waals surface area (Å²) in [6.45, 7) is 2.59. The fraction of sp³-hybridized carbons (Fsp3) is 0.385. The zero-order chi connectivity index (χ0) is 14.3. The predicted molar refractivity (Wildman–Crippen MR) is 76.7 cm³/mol. The van der Waals surface area contributed by atoms with Crippen molar-refractivity contribution < 1.29 is 15.1 Å². The first kappa shape index (κ1) is 15.5. The smallest absolute Gasteiger partial charge is 0.269 e. The molecule has 0 spiro atoms. The number of phenols is 1. The van der Waals surface area contributed by atoms with Crippen molar-refractivity contribution in [3.05, 3.63) is 28.2 Å². The van der Waals surface area contributed by atoms with E-state index in [1.54, 1.807) is 12.1 Å². The molecule has 0 atom stereocenters. The summed E-state index contributed by atoms with van der Waals surface area (Å²) in [7, 11) is 0. The van der Waals surface area contributed by atoms with Crippen LogP contribution in [0, 0.1) is 0 Å². The zero-order valence-corrected chi connectivity index (χ0v) is 12.3. The van der Waals surface area contributed by atoms with Gasteiger partial charge in [0, 0.05) is 13.0 Å². The van der Waals surface area contributed by atoms with Crippen LogP contribution in [0.2, 0.25) is 0 Å². The molecule has 3 N–H and O–H groups in total. The number of unbranched alkanes of at least 4 members (excludes halogenated alkanes) is 1. The summed E-state index contributed by atoms with van der Waals surface area (Å²) in [4.78, 5) is 11.7. The predicted octanol–water partition coefficient (Wildman–Crippen LogP) is 2.44. The van der Waals surface area contributed by atoms with Crippen LogP contribution in [0.5, 0.6) is 5.75 Å². The molecule has 1 rings (SSSR count). The van der Waals surface area contributed by atoms with Crippen LogP contribution in [-0.4, -0.2) is 28.5 Å². The molecule has 0 saturated heterocycles. The molecule has 0 aliphatic rings. The van der Waals surface area contributed by atoms with Gasteiger partial charge in [-0.3, -0.25) is 4.79 Å². The Morgan fingerprint density at radius 3 is 2.79 bits per heavy atom. The van der Waals surface area contributed by atoms with E-state index in [1.165, 1.54) is 6.07 Å². The number of phenolic OH excluding ortho intramolecular Hbond substituents is 1. The summed E-state index contributed by atoms with van der Waals surface area (Å²) in [6.07, 6.45) is 2.07. The van der Waals surface area contributed by atoms with E-state index in [0.29, 0.717) is 11.0 Å². The first-order valence-corrected chi connectivity index (χ1v) is 6.84. The lowest BCUT2D eigenvalue weighted by Gasteiger charge is -2.07. The van der Waals surface area contributed by atoms with Crippen LogP contribution in [0.15, 0.2) is 27.8 Å². The van der Waals surface area contributed by atoms with Crippen molar-refractivity contribution in [3.8, 4) is 5.75 Å². The largest absolute Gasteiger partial charge is 0.507 e. The number of halogens is 1. The molecule has 0 saturated carbocycles. The summed E-state index contributed by atoms with van der Waals surface area (Å²) in [5.41, 5.74) is 0.816. The lowest BCUT2D eigenvalue weighted by atomic mass is 10.1. The van der Waals surface area contributed by atoms with E-state index in [0.717, 1.165) is 18.4 Å². The van der Waals surface area contributed by atoms with E-state index in [2.05, 4.69) is 26.4 Å². The Morgan fingerprint density at radius 2 is 2.21 bits per heavy atom. The monoisotopic (exact) mass is 328 g/mol. The van der Waals surface area contributed by atoms with Crippen LogP contribution < -0.4 is 5.32 Å². The van der Waals surface area contributed by atoms with E-state index < -0.39 is 0 Å². The third kappa shape index (κ3) is 4.90. The standard InChI is InChI=1S/C13H17BrN2O3/c1-2-3-6-15-13(18)11(16-19)8-9-4-5-12(17)10(14)7-9/h4-5,7,17,19H,2-3,6,8H2,1H3,(H,15,18). The highest BCUT2D eigenvalue weighted by atomic mass is 79.9. The Labute approximate surface area is 120 Å². The second-order valence-electron chi connectivity index (χ2n) is 4.12. The number of carbonyl (C=O) groups is 1. The minimum Gasteiger partial charge on any atom is -0.507 e. The number of nitrogens with zero attached hydrogens (tertiary/aromatic N) is 1. The van der Waals surface area contributed by atoms with Crippen LogP contribution >= 0.6 is 15.9 Å². The summed E-state index contributed by atoms with van der Waals surface area (Å²) >= 11 is 3.19. The van der Waals surface area contributed by atoms with Gasteiger partial charge >= 0.3 is 0 Å². The molecule has 6 heteroatoms. The molecule has 19 heavy (non-hydrogen) atoms. The SMILES string of the molecule is CCCCNC(=O)C(Cc1ccc(O)c(Br)c1)=NO. The Balaban J connectivity index is 2.66. The van der Waals surface area contributed by atoms with Gasteiger partial charge in [0.1, 0.15) is 11.5 Å². The van der Waals surface area contributed by atoms with Crippen molar-refractivity contribution in [1.82, 2.24) is 5.32 Å². The molecule has 1 amide bonds. The quantitative estimate of drug-likeness (QED) is 0.324. The number of aromatic hydroxyl groups is 1. The van der Waals surface area contributed by atoms with E-state index in [-0.39, 0.29) is 23.8 Å². The molecule has 0 bridgehead atoms. The normalized spacial score (nSPS) is 11.4. The number of benzene rings is 1. The van der Waals surface area contributed by atoms with Gasteiger partial charge in [-0.2, -0.15) is 0 Å². The lowest BCUT2D eigenvalue weighted by Crippen LogP contribution is -2.33. The molecule has 0 radical (unpaired) electrons. The average molecular weight is 329 g/mol. The Bertz CT molecular complexity index is 475. The van der Waals surface area contributed by atoms with Gasteiger partial charge in [0.25, 0.3) is 5.91 Å². The molecule has 0 heterocycles. The number of hydrogen-bond donors (Lipinski definition) is 3. The van der Waals surface area contributed by atoms with Gasteiger partial charge in [-0.05, 0) is 40.0 Å². The van der Waals surface area contributed by atoms with Crippen LogP contribution in [0.4, 0.5) is 0 Å². The van der Waals surface area contributed by atoms with Gasteiger partial charge in [-0.15, -0.1) is 0 Å². The Hall–Kier alpha value is -1.56. The zero-order valence-electron chi connectivity index (χ0n) is 10.7. The van der Waals surface area contributed by atoms with E-state index in [1.807, 2.05) is 6.92 Å². The van der Waals surface area contributed by atoms with E-state index >= 15 is 0 Å². The highest BCUT2D eigenvalue weighted by Crippen LogP contribution is 2.24. The van der Waals surface area contributed by atoms with Gasteiger partial charge in [0.05, 0.1) is 4.47 Å². The van der Waals surface area contributed by atoms with Gasteiger partial charge in [0.2, 0.25) is 0 Å². The highest BCUT2D eigenvalue weighted by Gasteiger charge is 2.13. The second-order valence-corrected chi connectivity index (χ2v) is 4.97. The molecular formula is C13H17BrN2O3. The van der Waals surface area contributed by atoms with Crippen LogP contribution in [0.1, 0.15) is 25.3 Å². The minimum atomic E-state index is -0.375. The van der Waals surface area contributed by atoms with Gasteiger partial charge in [-0.1, -0.05) is 24.6 Å². The summed E-state index contributed by atoms with van der Waals surface area (Å²) in [6, 6.07) is 4.87. The third-order valence-electron chi connectivity index (χ3n) is 2.58. The lowest BCUT2D eigenvalue weighted by molar-refractivity contribution is -0.115. The van der Waals surface area contributed by atoms with E-state index in [4.69, 9.17) is 5.21 Å². The summed E-state index contributed by atoms with van der Waals surface area (Å²) in [5.74, 6) is -0.251. The molecule has 0 aromatic heterocycles. The first-order valence-electron chi connectivity index (χ1n) is 6.05. The Morgan fingerprint density at radius 1 is 1.47 bits per heavy atom. The fourth-order valence-corrected chi connectivity index (χ4v) is 1.92. The van der Waals surface area contributed by atoms with Crippen molar-refractivity contribution in [2.24, 2.45) is 5.16 Å². The maximum absolute atomic E-state index is 11.7. The maximum atomic E-state index is 11.7. The van der Waals surface area contributed by atoms with Crippen molar-refractivity contribution in [2.45, 2.75) is 26.2 Å². The molecule has 0 aliphatic carbocycles. The molecule has 1 aromatic rings. The molecule has 0 aliphatic heterocycles. The molecule has 0 unspecified atom stereocenters.